The Morgan fingerprint density at radius 2 is 1.76 bits per heavy atom. The van der Waals surface area contributed by atoms with Crippen molar-refractivity contribution in [3.63, 3.8) is 0 Å². The topological polar surface area (TPSA) is 136 Å². The molecule has 1 aliphatic rings. The number of pyridine rings is 1. The third kappa shape index (κ3) is 7.46. The molecule has 1 aliphatic heterocycles. The predicted octanol–water partition coefficient (Wildman–Crippen LogP) is 5.41. The van der Waals surface area contributed by atoms with E-state index >= 15 is 0 Å². The fourth-order valence-corrected chi connectivity index (χ4v) is 4.95. The highest BCUT2D eigenvalue weighted by molar-refractivity contribution is 6.04. The Bertz CT molecular complexity index is 1630. The summed E-state index contributed by atoms with van der Waals surface area (Å²) in [4.78, 5) is 62.0. The molecule has 1 aromatic carbocycles. The number of carbonyl (C=O) groups excluding carboxylic acids is 4. The maximum absolute atomic E-state index is 13.7. The summed E-state index contributed by atoms with van der Waals surface area (Å²) in [5, 5.41) is 2.92. The number of hydrogen-bond donors (Lipinski definition) is 1. The molecular formula is C31H35F3N6O6. The van der Waals surface area contributed by atoms with E-state index in [2.05, 4.69) is 15.3 Å². The van der Waals surface area contributed by atoms with Crippen LogP contribution in [-0.4, -0.2) is 75.4 Å². The largest absolute Gasteiger partial charge is 0.473 e. The Morgan fingerprint density at radius 1 is 1.09 bits per heavy atom. The van der Waals surface area contributed by atoms with Gasteiger partial charge in [0, 0.05) is 30.9 Å². The van der Waals surface area contributed by atoms with Crippen molar-refractivity contribution in [2.75, 3.05) is 30.5 Å². The highest BCUT2D eigenvalue weighted by Crippen LogP contribution is 2.37. The van der Waals surface area contributed by atoms with Gasteiger partial charge in [0.15, 0.2) is 11.5 Å². The molecule has 0 radical (unpaired) electrons. The number of carbonyl (C=O) groups is 4. The number of benzene rings is 1. The molecule has 1 N–H and O–H groups in total. The number of hydrogen-bond acceptors (Lipinski definition) is 8. The Hall–Kier alpha value is -4.95. The number of ether oxygens (including phenoxy) is 2. The van der Waals surface area contributed by atoms with Crippen molar-refractivity contribution < 1.29 is 41.8 Å². The minimum Gasteiger partial charge on any atom is -0.461 e. The number of nitrogens with zero attached hydrogens (tertiary/aromatic N) is 5. The monoisotopic (exact) mass is 644 g/mol. The van der Waals surface area contributed by atoms with Gasteiger partial charge in [0.25, 0.3) is 5.91 Å². The molecule has 0 saturated carbocycles. The molecule has 1 fully saturated rings. The number of amides is 3. The normalized spacial score (nSPS) is 15.0. The van der Waals surface area contributed by atoms with E-state index in [0.717, 1.165) is 17.3 Å². The lowest BCUT2D eigenvalue weighted by molar-refractivity contribution is -0.171. The average molecular weight is 645 g/mol. The summed E-state index contributed by atoms with van der Waals surface area (Å²) in [7, 11) is 0.854. The fraction of sp³-hybridized carbons (Fsp3) is 0.419. The van der Waals surface area contributed by atoms with Gasteiger partial charge in [-0.3, -0.25) is 14.5 Å². The Morgan fingerprint density at radius 3 is 2.35 bits per heavy atom. The van der Waals surface area contributed by atoms with E-state index < -0.39 is 47.4 Å². The van der Waals surface area contributed by atoms with E-state index in [9.17, 15) is 32.3 Å². The second-order valence-electron chi connectivity index (χ2n) is 11.6. The maximum atomic E-state index is 13.7. The lowest BCUT2D eigenvalue weighted by Gasteiger charge is -2.30. The lowest BCUT2D eigenvalue weighted by atomic mass is 10.1. The smallest absolute Gasteiger partial charge is 0.461 e. The molecule has 1 unspecified atom stereocenters. The van der Waals surface area contributed by atoms with Crippen LogP contribution >= 0.6 is 0 Å². The van der Waals surface area contributed by atoms with E-state index in [1.165, 1.54) is 36.1 Å². The van der Waals surface area contributed by atoms with E-state index in [-0.39, 0.29) is 47.2 Å². The first kappa shape index (κ1) is 33.9. The minimum atomic E-state index is -5.30. The third-order valence-electron chi connectivity index (χ3n) is 6.94. The summed E-state index contributed by atoms with van der Waals surface area (Å²) in [6, 6.07) is 8.33. The minimum absolute atomic E-state index is 0.112. The number of likely N-dealkylation sites (tertiary alicyclic amines) is 1. The highest BCUT2D eigenvalue weighted by atomic mass is 19.4. The number of nitrogens with one attached hydrogen (secondary N) is 1. The first-order chi connectivity index (χ1) is 21.5. The van der Waals surface area contributed by atoms with Gasteiger partial charge in [-0.05, 0) is 77.3 Å². The first-order valence-electron chi connectivity index (χ1n) is 14.5. The molecular weight excluding hydrogens is 609 g/mol. The molecule has 4 rings (SSSR count). The number of alkyl halides is 3. The molecule has 2 aromatic heterocycles. The van der Waals surface area contributed by atoms with Crippen LogP contribution in [0.15, 0.2) is 42.6 Å². The molecule has 3 amide bonds. The summed E-state index contributed by atoms with van der Waals surface area (Å²) >= 11 is 0. The van der Waals surface area contributed by atoms with Gasteiger partial charge < -0.3 is 14.8 Å². The second-order valence-corrected chi connectivity index (χ2v) is 11.6. The number of aryl methyl sites for hydroxylation is 1. The van der Waals surface area contributed by atoms with Gasteiger partial charge >= 0.3 is 24.1 Å². The second kappa shape index (κ2) is 13.2. The molecule has 3 heterocycles. The van der Waals surface area contributed by atoms with Gasteiger partial charge in [-0.15, -0.1) is 0 Å². The van der Waals surface area contributed by atoms with Crippen molar-refractivity contribution in [3.8, 4) is 11.3 Å². The number of esters is 1. The van der Waals surface area contributed by atoms with Gasteiger partial charge in [-0.1, -0.05) is 12.1 Å². The third-order valence-corrected chi connectivity index (χ3v) is 6.94. The SMILES string of the molecule is CCOC(=O)c1c(-c2ccc(C(=O)Nc3cc(C)ccn3)cc2)nc(C2CCCN2C(=O)OC(C)(C)C)n1N(C)C(=O)C(F)(F)F. The van der Waals surface area contributed by atoms with Crippen molar-refractivity contribution >= 4 is 29.7 Å². The zero-order valence-corrected chi connectivity index (χ0v) is 26.3. The molecule has 1 saturated heterocycles. The number of anilines is 1. The predicted molar refractivity (Wildman–Crippen MR) is 161 cm³/mol. The molecule has 0 bridgehead atoms. The molecule has 0 spiro atoms. The number of rotatable bonds is 7. The van der Waals surface area contributed by atoms with Gasteiger partial charge in [-0.25, -0.2) is 29.2 Å². The van der Waals surface area contributed by atoms with Crippen molar-refractivity contribution in [2.24, 2.45) is 0 Å². The van der Waals surface area contributed by atoms with Crippen LogP contribution in [0, 0.1) is 6.92 Å². The fourth-order valence-electron chi connectivity index (χ4n) is 4.95. The van der Waals surface area contributed by atoms with Gasteiger partial charge in [0.05, 0.1) is 12.6 Å². The van der Waals surface area contributed by atoms with Crippen molar-refractivity contribution in [1.29, 1.82) is 0 Å². The summed E-state index contributed by atoms with van der Waals surface area (Å²) in [5.74, 6) is -3.63. The molecule has 46 heavy (non-hydrogen) atoms. The number of imidazole rings is 1. The van der Waals surface area contributed by atoms with Crippen molar-refractivity contribution in [2.45, 2.75) is 65.3 Å². The quantitative estimate of drug-likeness (QED) is 0.337. The Labute approximate surface area is 263 Å². The molecule has 15 heteroatoms. The lowest BCUT2D eigenvalue weighted by Crippen LogP contribution is -2.48. The van der Waals surface area contributed by atoms with Crippen LogP contribution in [0.1, 0.15) is 78.8 Å². The van der Waals surface area contributed by atoms with Crippen LogP contribution < -0.4 is 10.3 Å². The molecule has 12 nitrogen and oxygen atoms in total. The standard InChI is InChI=1S/C31H35F3N6O6/c1-7-45-27(42)24-23(19-10-12-20(13-11-19)26(41)36-22-17-18(2)14-15-35-22)37-25(40(24)38(6)28(43)31(32,33)34)21-9-8-16-39(21)29(44)46-30(3,4)5/h10-15,17,21H,7-9,16H2,1-6H3,(H,35,36,41). The van der Waals surface area contributed by atoms with E-state index in [0.29, 0.717) is 12.2 Å². The first-order valence-corrected chi connectivity index (χ1v) is 14.5. The van der Waals surface area contributed by atoms with Crippen LogP contribution in [-0.2, 0) is 14.3 Å². The van der Waals surface area contributed by atoms with E-state index in [1.807, 2.05) is 6.92 Å². The number of halogens is 3. The van der Waals surface area contributed by atoms with Crippen LogP contribution in [0.4, 0.5) is 23.8 Å². The van der Waals surface area contributed by atoms with Gasteiger partial charge in [-0.2, -0.15) is 13.2 Å². The van der Waals surface area contributed by atoms with Crippen molar-refractivity contribution in [1.82, 2.24) is 19.5 Å². The molecule has 1 atom stereocenters. The zero-order chi connectivity index (χ0) is 34.0. The summed E-state index contributed by atoms with van der Waals surface area (Å²) in [6.45, 7) is 8.45. The van der Waals surface area contributed by atoms with Crippen molar-refractivity contribution in [3.05, 3.63) is 65.2 Å². The molecule has 246 valence electrons. The maximum Gasteiger partial charge on any atom is 0.473 e. The van der Waals surface area contributed by atoms with E-state index in [4.69, 9.17) is 9.47 Å². The summed E-state index contributed by atoms with van der Waals surface area (Å²) in [6.07, 6.45) is -3.76. The van der Waals surface area contributed by atoms with Crippen LogP contribution in [0.2, 0.25) is 0 Å². The van der Waals surface area contributed by atoms with Gasteiger partial charge in [0.2, 0.25) is 0 Å². The van der Waals surface area contributed by atoms with Crippen LogP contribution in [0.5, 0.6) is 0 Å². The number of aromatic nitrogens is 3. The average Bonchev–Trinajstić information content (AvgIpc) is 3.61. The zero-order valence-electron chi connectivity index (χ0n) is 26.3. The van der Waals surface area contributed by atoms with E-state index in [1.54, 1.807) is 39.1 Å². The van der Waals surface area contributed by atoms with Crippen LogP contribution in [0.25, 0.3) is 11.3 Å². The molecule has 3 aromatic rings. The molecule has 0 aliphatic carbocycles. The Kier molecular flexibility index (Phi) is 9.73. The van der Waals surface area contributed by atoms with Crippen LogP contribution in [0.3, 0.4) is 0 Å². The van der Waals surface area contributed by atoms with Gasteiger partial charge in [0.1, 0.15) is 17.1 Å². The highest BCUT2D eigenvalue weighted by Gasteiger charge is 2.46. The summed E-state index contributed by atoms with van der Waals surface area (Å²) < 4.78 is 52.7. The summed E-state index contributed by atoms with van der Waals surface area (Å²) in [5.41, 5.74) is -0.0932. The Balaban J connectivity index is 1.84.